The van der Waals surface area contributed by atoms with E-state index in [1.54, 1.807) is 5.06 Å². The summed E-state index contributed by atoms with van der Waals surface area (Å²) < 4.78 is 0. The molecule has 0 aromatic heterocycles. The summed E-state index contributed by atoms with van der Waals surface area (Å²) in [5.74, 6) is 0. The van der Waals surface area contributed by atoms with Gasteiger partial charge in [0.1, 0.15) is 6.29 Å². The van der Waals surface area contributed by atoms with Gasteiger partial charge in [0.15, 0.2) is 0 Å². The molecule has 0 amide bonds. The van der Waals surface area contributed by atoms with E-state index in [1.807, 2.05) is 41.9 Å². The van der Waals surface area contributed by atoms with Gasteiger partial charge in [-0.3, -0.25) is 9.74 Å². The number of nitrogens with zero attached hydrogens (tertiary/aromatic N) is 2. The third kappa shape index (κ3) is 10.1. The molecule has 1 heterocycles. The molecule has 0 aromatic rings. The molecule has 0 aliphatic carbocycles. The van der Waals surface area contributed by atoms with Crippen molar-refractivity contribution < 1.29 is 9.63 Å². The lowest BCUT2D eigenvalue weighted by Gasteiger charge is -2.10. The molecule has 0 aromatic carbocycles. The normalized spacial score (nSPS) is 19.6. The number of aldehydes is 1. The molecule has 4 nitrogen and oxygen atoms in total. The fraction of sp³-hybridized carbons (Fsp3) is 0.917. The monoisotopic (exact) mass is 232 g/mol. The van der Waals surface area contributed by atoms with Crippen LogP contribution in [0.2, 0.25) is 0 Å². The van der Waals surface area contributed by atoms with Crippen molar-refractivity contribution in [1.29, 1.82) is 0 Å². The molecule has 4 heteroatoms. The standard InChI is InChI=1S/C6H11NO.C4H11NO.C2H6/c1-7-4-2-3-6(7)5-8;1-4-6-5(2)3;1-2/h5-6H,2-4H2,1H3;4H2,1-3H3;1-2H3/t6-;;/m0../s1. The van der Waals surface area contributed by atoms with Crippen molar-refractivity contribution in [3.8, 4) is 0 Å². The van der Waals surface area contributed by atoms with Crippen LogP contribution in [0.15, 0.2) is 0 Å². The minimum Gasteiger partial charge on any atom is -0.302 e. The number of likely N-dealkylation sites (tertiary alicyclic amines) is 1. The molecule has 0 N–H and O–H groups in total. The van der Waals surface area contributed by atoms with Crippen molar-refractivity contribution >= 4 is 6.29 Å². The Morgan fingerprint density at radius 2 is 2.00 bits per heavy atom. The van der Waals surface area contributed by atoms with Gasteiger partial charge in [-0.25, -0.2) is 0 Å². The summed E-state index contributed by atoms with van der Waals surface area (Å²) in [6.45, 7) is 7.80. The lowest BCUT2D eigenvalue weighted by atomic mass is 10.2. The van der Waals surface area contributed by atoms with Crippen LogP contribution < -0.4 is 0 Å². The average Bonchev–Trinajstić information content (AvgIpc) is 2.67. The molecule has 0 spiro atoms. The lowest BCUT2D eigenvalue weighted by molar-refractivity contribution is -0.113. The number of carbonyl (C=O) groups is 1. The van der Waals surface area contributed by atoms with Gasteiger partial charge in [-0.05, 0) is 33.4 Å². The number of likely N-dealkylation sites (N-methyl/N-ethyl adjacent to an activating group) is 1. The summed E-state index contributed by atoms with van der Waals surface area (Å²) in [5, 5.41) is 1.68. The van der Waals surface area contributed by atoms with Crippen molar-refractivity contribution in [2.45, 2.75) is 39.7 Å². The highest BCUT2D eigenvalue weighted by atomic mass is 16.7. The van der Waals surface area contributed by atoms with Crippen molar-refractivity contribution in [2.75, 3.05) is 34.3 Å². The van der Waals surface area contributed by atoms with Gasteiger partial charge in [0, 0.05) is 14.1 Å². The molecule has 1 fully saturated rings. The minimum absolute atomic E-state index is 0.218. The van der Waals surface area contributed by atoms with Gasteiger partial charge in [0.2, 0.25) is 0 Å². The van der Waals surface area contributed by atoms with E-state index in [0.29, 0.717) is 0 Å². The Morgan fingerprint density at radius 1 is 1.44 bits per heavy atom. The van der Waals surface area contributed by atoms with Gasteiger partial charge >= 0.3 is 0 Å². The number of hydrogen-bond donors (Lipinski definition) is 0. The second-order valence-electron chi connectivity index (χ2n) is 3.56. The summed E-state index contributed by atoms with van der Waals surface area (Å²) in [4.78, 5) is 17.1. The Hall–Kier alpha value is -0.450. The van der Waals surface area contributed by atoms with Gasteiger partial charge in [-0.2, -0.15) is 5.06 Å². The first-order valence-corrected chi connectivity index (χ1v) is 6.07. The van der Waals surface area contributed by atoms with Gasteiger partial charge in [0.05, 0.1) is 12.6 Å². The van der Waals surface area contributed by atoms with E-state index in [4.69, 9.17) is 4.84 Å². The molecule has 1 rings (SSSR count). The summed E-state index contributed by atoms with van der Waals surface area (Å²) in [7, 11) is 5.72. The Morgan fingerprint density at radius 3 is 2.12 bits per heavy atom. The quantitative estimate of drug-likeness (QED) is 0.549. The number of carbonyl (C=O) groups excluding carboxylic acids is 1. The first-order valence-electron chi connectivity index (χ1n) is 6.07. The van der Waals surface area contributed by atoms with E-state index in [0.717, 1.165) is 25.9 Å². The van der Waals surface area contributed by atoms with Crippen LogP contribution in [0.1, 0.15) is 33.6 Å². The van der Waals surface area contributed by atoms with Crippen LogP contribution in [0, 0.1) is 0 Å². The predicted molar refractivity (Wildman–Crippen MR) is 68.4 cm³/mol. The van der Waals surface area contributed by atoms with Crippen LogP contribution in [-0.4, -0.2) is 56.6 Å². The first-order chi connectivity index (χ1) is 7.61. The molecule has 0 unspecified atom stereocenters. The van der Waals surface area contributed by atoms with E-state index in [2.05, 4.69) is 4.90 Å². The summed E-state index contributed by atoms with van der Waals surface area (Å²) in [6, 6.07) is 0.218. The summed E-state index contributed by atoms with van der Waals surface area (Å²) in [5.41, 5.74) is 0. The molecule has 0 saturated carbocycles. The second-order valence-corrected chi connectivity index (χ2v) is 3.56. The van der Waals surface area contributed by atoms with Crippen LogP contribution in [0.3, 0.4) is 0 Å². The summed E-state index contributed by atoms with van der Waals surface area (Å²) in [6.07, 6.45) is 3.27. The van der Waals surface area contributed by atoms with Crippen LogP contribution in [-0.2, 0) is 9.63 Å². The first kappa shape index (κ1) is 17.9. The largest absolute Gasteiger partial charge is 0.302 e. The Kier molecular flexibility index (Phi) is 14.1. The lowest BCUT2D eigenvalue weighted by Crippen LogP contribution is -2.25. The molecular formula is C12H28N2O2. The van der Waals surface area contributed by atoms with Crippen molar-refractivity contribution in [2.24, 2.45) is 0 Å². The van der Waals surface area contributed by atoms with Crippen LogP contribution >= 0.6 is 0 Å². The zero-order chi connectivity index (χ0) is 13.0. The van der Waals surface area contributed by atoms with Crippen LogP contribution in [0.4, 0.5) is 0 Å². The van der Waals surface area contributed by atoms with Gasteiger partial charge in [-0.1, -0.05) is 13.8 Å². The molecule has 0 radical (unpaired) electrons. The Labute approximate surface area is 101 Å². The maximum Gasteiger partial charge on any atom is 0.137 e. The molecular weight excluding hydrogens is 204 g/mol. The van der Waals surface area contributed by atoms with Crippen molar-refractivity contribution in [1.82, 2.24) is 9.96 Å². The third-order valence-corrected chi connectivity index (χ3v) is 2.12. The number of hydrogen-bond acceptors (Lipinski definition) is 4. The highest BCUT2D eigenvalue weighted by Gasteiger charge is 2.18. The van der Waals surface area contributed by atoms with Crippen LogP contribution in [0.5, 0.6) is 0 Å². The van der Waals surface area contributed by atoms with Gasteiger partial charge in [-0.15, -0.1) is 0 Å². The molecule has 0 bridgehead atoms. The SMILES string of the molecule is CC.CCON(C)C.CN1CCC[C@H]1C=O. The topological polar surface area (TPSA) is 32.8 Å². The number of rotatable bonds is 3. The molecule has 1 aliphatic heterocycles. The fourth-order valence-corrected chi connectivity index (χ4v) is 1.37. The van der Waals surface area contributed by atoms with E-state index in [9.17, 15) is 4.79 Å². The Balaban J connectivity index is 0. The molecule has 16 heavy (non-hydrogen) atoms. The number of hydroxylamine groups is 2. The van der Waals surface area contributed by atoms with E-state index < -0.39 is 0 Å². The molecule has 1 atom stereocenters. The summed E-state index contributed by atoms with van der Waals surface area (Å²) >= 11 is 0. The van der Waals surface area contributed by atoms with Crippen molar-refractivity contribution in [3.05, 3.63) is 0 Å². The molecule has 1 aliphatic rings. The highest BCUT2D eigenvalue weighted by Crippen LogP contribution is 2.11. The second kappa shape index (κ2) is 12.6. The van der Waals surface area contributed by atoms with E-state index in [1.165, 1.54) is 6.42 Å². The molecule has 98 valence electrons. The average molecular weight is 232 g/mol. The fourth-order valence-electron chi connectivity index (χ4n) is 1.37. The van der Waals surface area contributed by atoms with Gasteiger partial charge < -0.3 is 4.79 Å². The minimum atomic E-state index is 0.218. The zero-order valence-electron chi connectivity index (χ0n) is 11.7. The van der Waals surface area contributed by atoms with E-state index in [-0.39, 0.29) is 6.04 Å². The maximum atomic E-state index is 10.2. The Bertz CT molecular complexity index is 152. The predicted octanol–water partition coefficient (Wildman–Crippen LogP) is 1.81. The van der Waals surface area contributed by atoms with Crippen LogP contribution in [0.25, 0.3) is 0 Å². The van der Waals surface area contributed by atoms with Crippen molar-refractivity contribution in [3.63, 3.8) is 0 Å². The van der Waals surface area contributed by atoms with Gasteiger partial charge in [0.25, 0.3) is 0 Å². The zero-order valence-corrected chi connectivity index (χ0v) is 11.7. The maximum absolute atomic E-state index is 10.2. The highest BCUT2D eigenvalue weighted by molar-refractivity contribution is 5.57. The smallest absolute Gasteiger partial charge is 0.137 e. The molecule has 1 saturated heterocycles. The third-order valence-electron chi connectivity index (χ3n) is 2.12. The van der Waals surface area contributed by atoms with E-state index >= 15 is 0 Å².